The fourth-order valence-corrected chi connectivity index (χ4v) is 2.66. The molecule has 0 nitrogen and oxygen atoms in total. The molecule has 0 aliphatic carbocycles. The monoisotopic (exact) mass is 372 g/mol. The number of hydrogen-bond donors (Lipinski definition) is 0. The van der Waals surface area contributed by atoms with Crippen molar-refractivity contribution >= 4 is 0 Å². The van der Waals surface area contributed by atoms with Gasteiger partial charge in [0, 0.05) is 12.5 Å². The Labute approximate surface area is 152 Å². The average molecular weight is 372 g/mol. The lowest BCUT2D eigenvalue weighted by atomic mass is 9.94. The summed E-state index contributed by atoms with van der Waals surface area (Å²) in [5.41, 5.74) is 0.708. The van der Waals surface area contributed by atoms with E-state index in [2.05, 4.69) is 0 Å². The second-order valence-corrected chi connectivity index (χ2v) is 6.87. The molecule has 0 saturated heterocycles. The summed E-state index contributed by atoms with van der Waals surface area (Å²) in [7, 11) is 0. The van der Waals surface area contributed by atoms with Gasteiger partial charge in [-0.15, -0.1) is 0 Å². The van der Waals surface area contributed by atoms with Crippen LogP contribution in [0.25, 0.3) is 0 Å². The van der Waals surface area contributed by atoms with Gasteiger partial charge in [0.15, 0.2) is 0 Å². The summed E-state index contributed by atoms with van der Waals surface area (Å²) >= 11 is 0. The van der Waals surface area contributed by atoms with E-state index in [1.165, 1.54) is 18.2 Å². The molecule has 0 spiro atoms. The quantitative estimate of drug-likeness (QED) is 0.483. The predicted octanol–water partition coefficient (Wildman–Crippen LogP) is 7.75. The highest BCUT2D eigenvalue weighted by atomic mass is 19.4. The Balaban J connectivity index is 0.000000260. The van der Waals surface area contributed by atoms with Crippen molar-refractivity contribution in [3.8, 4) is 0 Å². The lowest BCUT2D eigenvalue weighted by molar-refractivity contribution is -0.138. The molecule has 2 rings (SSSR count). The van der Waals surface area contributed by atoms with E-state index in [0.29, 0.717) is 5.56 Å². The number of rotatable bonds is 3. The third-order valence-corrected chi connectivity index (χ3v) is 3.94. The lowest BCUT2D eigenvalue weighted by Crippen LogP contribution is -2.11. The van der Waals surface area contributed by atoms with Gasteiger partial charge in [-0.05, 0) is 29.0 Å². The molecule has 2 aromatic rings. The van der Waals surface area contributed by atoms with E-state index in [1.807, 2.05) is 13.8 Å². The molecule has 0 fully saturated rings. The van der Waals surface area contributed by atoms with Crippen molar-refractivity contribution in [3.63, 3.8) is 0 Å². The molecule has 0 aliphatic heterocycles. The maximum absolute atomic E-state index is 13.1. The first-order valence-electron chi connectivity index (χ1n) is 8.49. The lowest BCUT2D eigenvalue weighted by Gasteiger charge is -2.17. The summed E-state index contributed by atoms with van der Waals surface area (Å²) in [6, 6.07) is 12.4. The molecular weight excluding hydrogens is 347 g/mol. The fraction of sp³-hybridized carbons (Fsp3) is 0.429. The largest absolute Gasteiger partial charge is 0.416 e. The second-order valence-electron chi connectivity index (χ2n) is 6.87. The fourth-order valence-electron chi connectivity index (χ4n) is 2.66. The predicted molar refractivity (Wildman–Crippen MR) is 95.6 cm³/mol. The van der Waals surface area contributed by atoms with Crippen molar-refractivity contribution in [1.29, 1.82) is 0 Å². The summed E-state index contributed by atoms with van der Waals surface area (Å²) in [5.74, 6) is -2.69. The van der Waals surface area contributed by atoms with Crippen LogP contribution in [0.1, 0.15) is 68.7 Å². The highest BCUT2D eigenvalue weighted by Gasteiger charge is 2.33. The van der Waals surface area contributed by atoms with Gasteiger partial charge in [-0.3, -0.25) is 0 Å². The molecule has 26 heavy (non-hydrogen) atoms. The van der Waals surface area contributed by atoms with Crippen LogP contribution in [0.3, 0.4) is 0 Å². The molecule has 2 aromatic carbocycles. The Kier molecular flexibility index (Phi) is 7.36. The molecule has 0 aromatic heterocycles. The van der Waals surface area contributed by atoms with E-state index in [-0.39, 0.29) is 17.4 Å². The van der Waals surface area contributed by atoms with E-state index < -0.39 is 17.7 Å². The Morgan fingerprint density at radius 1 is 0.615 bits per heavy atom. The van der Waals surface area contributed by atoms with E-state index in [1.54, 1.807) is 38.1 Å². The van der Waals surface area contributed by atoms with E-state index in [0.717, 1.165) is 18.6 Å². The number of hydrogen-bond acceptors (Lipinski definition) is 0. The molecule has 0 N–H and O–H groups in total. The van der Waals surface area contributed by atoms with Crippen molar-refractivity contribution in [1.82, 2.24) is 0 Å². The van der Waals surface area contributed by atoms with Crippen LogP contribution >= 0.6 is 0 Å². The Morgan fingerprint density at radius 3 is 1.23 bits per heavy atom. The Morgan fingerprint density at radius 2 is 0.962 bits per heavy atom. The molecule has 0 bridgehead atoms. The molecule has 5 heteroatoms. The normalized spacial score (nSPS) is 12.2. The Bertz CT molecular complexity index is 633. The number of alkyl halides is 5. The van der Waals surface area contributed by atoms with E-state index >= 15 is 0 Å². The SMILES string of the molecule is CC(C)c1ccccc1C(C)(F)F.CC(C)c1ccccc1C(F)(F)F. The molecule has 0 atom stereocenters. The molecule has 0 aliphatic rings. The summed E-state index contributed by atoms with van der Waals surface area (Å²) < 4.78 is 63.4. The third kappa shape index (κ3) is 6.11. The second kappa shape index (κ2) is 8.65. The zero-order valence-corrected chi connectivity index (χ0v) is 15.7. The van der Waals surface area contributed by atoms with Crippen LogP contribution in [-0.4, -0.2) is 0 Å². The molecule has 144 valence electrons. The van der Waals surface area contributed by atoms with Gasteiger partial charge in [-0.1, -0.05) is 70.2 Å². The van der Waals surface area contributed by atoms with Crippen LogP contribution in [0.4, 0.5) is 22.0 Å². The van der Waals surface area contributed by atoms with Crippen LogP contribution < -0.4 is 0 Å². The van der Waals surface area contributed by atoms with Crippen LogP contribution in [-0.2, 0) is 12.1 Å². The van der Waals surface area contributed by atoms with Gasteiger partial charge in [0.1, 0.15) is 0 Å². The molecule has 0 radical (unpaired) electrons. The topological polar surface area (TPSA) is 0 Å². The summed E-state index contributed by atoms with van der Waals surface area (Å²) in [5, 5.41) is 0. The van der Waals surface area contributed by atoms with Crippen molar-refractivity contribution in [2.75, 3.05) is 0 Å². The van der Waals surface area contributed by atoms with Crippen molar-refractivity contribution in [3.05, 3.63) is 70.8 Å². The standard InChI is InChI=1S/C11H14F2.C10H11F3/c1-8(2)9-6-4-5-7-10(9)11(3,12)13;1-7(2)8-5-3-4-6-9(8)10(11,12)13/h4-8H,1-3H3;3-7H,1-2H3. The third-order valence-electron chi connectivity index (χ3n) is 3.94. The van der Waals surface area contributed by atoms with Crippen molar-refractivity contribution in [2.45, 2.75) is 58.6 Å². The minimum absolute atomic E-state index is 0.0992. The highest BCUT2D eigenvalue weighted by molar-refractivity contribution is 5.33. The minimum Gasteiger partial charge on any atom is -0.202 e. The van der Waals surface area contributed by atoms with Gasteiger partial charge in [0.05, 0.1) is 5.56 Å². The van der Waals surface area contributed by atoms with Gasteiger partial charge in [-0.2, -0.15) is 13.2 Å². The van der Waals surface area contributed by atoms with Crippen LogP contribution in [0, 0.1) is 0 Å². The highest BCUT2D eigenvalue weighted by Crippen LogP contribution is 2.35. The van der Waals surface area contributed by atoms with Crippen molar-refractivity contribution in [2.24, 2.45) is 0 Å². The molecule has 0 amide bonds. The van der Waals surface area contributed by atoms with E-state index in [4.69, 9.17) is 0 Å². The zero-order chi connectivity index (χ0) is 20.1. The number of halogens is 5. The zero-order valence-electron chi connectivity index (χ0n) is 15.7. The molecule has 0 unspecified atom stereocenters. The van der Waals surface area contributed by atoms with E-state index in [9.17, 15) is 22.0 Å². The first-order valence-corrected chi connectivity index (χ1v) is 8.49. The van der Waals surface area contributed by atoms with Gasteiger partial charge < -0.3 is 0 Å². The van der Waals surface area contributed by atoms with Crippen LogP contribution in [0.2, 0.25) is 0 Å². The maximum atomic E-state index is 13.1. The molecule has 0 saturated carbocycles. The van der Waals surface area contributed by atoms with Gasteiger partial charge >= 0.3 is 6.18 Å². The summed E-state index contributed by atoms with van der Waals surface area (Å²) in [6.07, 6.45) is -4.24. The number of benzene rings is 2. The molecular formula is C21H25F5. The average Bonchev–Trinajstić information content (AvgIpc) is 2.54. The summed E-state index contributed by atoms with van der Waals surface area (Å²) in [4.78, 5) is 0. The van der Waals surface area contributed by atoms with Gasteiger partial charge in [0.25, 0.3) is 5.92 Å². The molecule has 0 heterocycles. The van der Waals surface area contributed by atoms with Crippen LogP contribution in [0.5, 0.6) is 0 Å². The first kappa shape index (κ1) is 22.1. The van der Waals surface area contributed by atoms with Gasteiger partial charge in [0.2, 0.25) is 0 Å². The minimum atomic E-state index is -4.24. The van der Waals surface area contributed by atoms with Gasteiger partial charge in [-0.25, -0.2) is 8.78 Å². The Hall–Kier alpha value is -1.91. The first-order chi connectivity index (χ1) is 11.9. The van der Waals surface area contributed by atoms with Crippen molar-refractivity contribution < 1.29 is 22.0 Å². The smallest absolute Gasteiger partial charge is 0.202 e. The van der Waals surface area contributed by atoms with Crippen LogP contribution in [0.15, 0.2) is 48.5 Å². The maximum Gasteiger partial charge on any atom is 0.416 e. The summed E-state index contributed by atoms with van der Waals surface area (Å²) in [6.45, 7) is 8.29.